The van der Waals surface area contributed by atoms with E-state index in [1.165, 1.54) is 27.6 Å². The van der Waals surface area contributed by atoms with Crippen molar-refractivity contribution in [1.29, 1.82) is 0 Å². The van der Waals surface area contributed by atoms with Crippen LogP contribution in [0.15, 0.2) is 71.6 Å². The molecule has 4 aromatic rings. The van der Waals surface area contributed by atoms with Crippen molar-refractivity contribution < 1.29 is 19.4 Å². The number of aliphatic hydroxyl groups is 1. The monoisotopic (exact) mass is 463 g/mol. The lowest BCUT2D eigenvalue weighted by Gasteiger charge is -2.23. The molecule has 1 aliphatic rings. The van der Waals surface area contributed by atoms with E-state index in [0.29, 0.717) is 33.4 Å². The Morgan fingerprint density at radius 2 is 2.12 bits per heavy atom. The predicted molar refractivity (Wildman–Crippen MR) is 124 cm³/mol. The van der Waals surface area contributed by atoms with Gasteiger partial charge < -0.3 is 9.84 Å². The maximum absolute atomic E-state index is 13.3. The van der Waals surface area contributed by atoms with Gasteiger partial charge in [0, 0.05) is 12.4 Å². The molecular weight excluding hydrogens is 446 g/mol. The Balaban J connectivity index is 1.64. The summed E-state index contributed by atoms with van der Waals surface area (Å²) in [6.45, 7) is 2.45. The van der Waals surface area contributed by atoms with Crippen LogP contribution in [0.3, 0.4) is 0 Å². The number of ketones is 1. The van der Waals surface area contributed by atoms with Crippen LogP contribution in [0.25, 0.3) is 10.2 Å². The number of aliphatic hydroxyl groups excluding tert-OH is 1. The lowest BCUT2D eigenvalue weighted by molar-refractivity contribution is -0.117. The molecule has 0 bridgehead atoms. The number of thiazole rings is 1. The van der Waals surface area contributed by atoms with Crippen LogP contribution < -0.4 is 9.64 Å². The molecule has 1 N–H and O–H groups in total. The summed E-state index contributed by atoms with van der Waals surface area (Å²) in [5.41, 5.74) is 1.34. The Morgan fingerprint density at radius 1 is 1.25 bits per heavy atom. The van der Waals surface area contributed by atoms with E-state index in [9.17, 15) is 14.7 Å². The summed E-state index contributed by atoms with van der Waals surface area (Å²) in [6, 6.07) is 11.6. The quantitative estimate of drug-likeness (QED) is 0.408. The number of benzene rings is 1. The van der Waals surface area contributed by atoms with E-state index >= 15 is 0 Å². The summed E-state index contributed by atoms with van der Waals surface area (Å²) in [7, 11) is 0. The van der Waals surface area contributed by atoms with Gasteiger partial charge in [-0.3, -0.25) is 19.5 Å². The molecule has 0 saturated heterocycles. The lowest BCUT2D eigenvalue weighted by Crippen LogP contribution is -2.31. The molecule has 1 aromatic carbocycles. The summed E-state index contributed by atoms with van der Waals surface area (Å²) in [5, 5.41) is 12.9. The fourth-order valence-electron chi connectivity index (χ4n) is 3.68. The Kier molecular flexibility index (Phi) is 5.20. The Hall–Kier alpha value is -3.56. The minimum Gasteiger partial charge on any atom is -0.503 e. The van der Waals surface area contributed by atoms with Crippen LogP contribution in [-0.4, -0.2) is 33.4 Å². The van der Waals surface area contributed by atoms with Crippen molar-refractivity contribution >= 4 is 49.7 Å². The first-order valence-corrected chi connectivity index (χ1v) is 11.6. The number of fused-ring (bicyclic) bond motifs is 1. The molecule has 1 aliphatic heterocycles. The van der Waals surface area contributed by atoms with Crippen LogP contribution in [-0.2, 0) is 4.79 Å². The van der Waals surface area contributed by atoms with E-state index < -0.39 is 17.7 Å². The van der Waals surface area contributed by atoms with Crippen LogP contribution in [0, 0.1) is 0 Å². The summed E-state index contributed by atoms with van der Waals surface area (Å²) in [4.78, 5) is 37.1. The van der Waals surface area contributed by atoms with Crippen molar-refractivity contribution in [2.24, 2.45) is 0 Å². The zero-order chi connectivity index (χ0) is 22.2. The van der Waals surface area contributed by atoms with Crippen molar-refractivity contribution in [1.82, 2.24) is 9.97 Å². The van der Waals surface area contributed by atoms with Gasteiger partial charge in [-0.25, -0.2) is 4.98 Å². The van der Waals surface area contributed by atoms with Gasteiger partial charge in [-0.15, -0.1) is 11.3 Å². The highest BCUT2D eigenvalue weighted by Gasteiger charge is 2.46. The van der Waals surface area contributed by atoms with Crippen LogP contribution in [0.2, 0.25) is 0 Å². The molecule has 0 aliphatic carbocycles. The smallest absolute Gasteiger partial charge is 0.296 e. The summed E-state index contributed by atoms with van der Waals surface area (Å²) < 4.78 is 6.40. The lowest BCUT2D eigenvalue weighted by atomic mass is 9.97. The molecule has 4 heterocycles. The number of anilines is 1. The van der Waals surface area contributed by atoms with Gasteiger partial charge in [0.05, 0.1) is 33.3 Å². The van der Waals surface area contributed by atoms with E-state index in [1.54, 1.807) is 42.0 Å². The van der Waals surface area contributed by atoms with Crippen molar-refractivity contribution in [3.05, 3.63) is 82.0 Å². The minimum absolute atomic E-state index is 0.0275. The van der Waals surface area contributed by atoms with Crippen molar-refractivity contribution in [2.45, 2.75) is 13.0 Å². The summed E-state index contributed by atoms with van der Waals surface area (Å²) in [5.74, 6) is -0.905. The number of amides is 1. The molecule has 7 nitrogen and oxygen atoms in total. The number of thiophene rings is 1. The van der Waals surface area contributed by atoms with Crippen LogP contribution in [0.5, 0.6) is 5.75 Å². The molecule has 160 valence electrons. The van der Waals surface area contributed by atoms with Crippen molar-refractivity contribution in [2.75, 3.05) is 11.5 Å². The van der Waals surface area contributed by atoms with E-state index in [-0.39, 0.29) is 11.4 Å². The topological polar surface area (TPSA) is 92.6 Å². The molecule has 5 rings (SSSR count). The molecule has 3 aromatic heterocycles. The average Bonchev–Trinajstić information content (AvgIpc) is 3.53. The molecule has 0 saturated carbocycles. The highest BCUT2D eigenvalue weighted by atomic mass is 32.1. The number of pyridine rings is 1. The molecular formula is C23H17N3O4S2. The van der Waals surface area contributed by atoms with Crippen molar-refractivity contribution in [3.63, 3.8) is 0 Å². The van der Waals surface area contributed by atoms with Crippen molar-refractivity contribution in [3.8, 4) is 5.75 Å². The van der Waals surface area contributed by atoms with Gasteiger partial charge >= 0.3 is 0 Å². The maximum Gasteiger partial charge on any atom is 0.296 e. The molecule has 0 spiro atoms. The number of carbonyl (C=O) groups is 2. The zero-order valence-electron chi connectivity index (χ0n) is 16.9. The molecule has 0 fully saturated rings. The number of hydrogen-bond acceptors (Lipinski definition) is 8. The SMILES string of the molecule is CCOc1ccc2nc(N3C(=O)C(O)=C(C(=O)c4cccs4)C3c3cccnc3)sc2c1. The highest BCUT2D eigenvalue weighted by molar-refractivity contribution is 7.22. The maximum atomic E-state index is 13.3. The average molecular weight is 464 g/mol. The Labute approximate surface area is 191 Å². The summed E-state index contributed by atoms with van der Waals surface area (Å²) in [6.07, 6.45) is 3.20. The fraction of sp³-hybridized carbons (Fsp3) is 0.130. The number of carbonyl (C=O) groups excluding carboxylic acids is 2. The largest absolute Gasteiger partial charge is 0.503 e. The van der Waals surface area contributed by atoms with E-state index in [2.05, 4.69) is 9.97 Å². The Bertz CT molecular complexity index is 1350. The second kappa shape index (κ2) is 8.18. The number of aromatic nitrogens is 2. The molecule has 32 heavy (non-hydrogen) atoms. The number of nitrogens with zero attached hydrogens (tertiary/aromatic N) is 3. The first-order chi connectivity index (χ1) is 15.6. The highest BCUT2D eigenvalue weighted by Crippen LogP contribution is 2.44. The minimum atomic E-state index is -0.835. The molecule has 1 amide bonds. The number of Topliss-reactive ketones (excluding diaryl/α,β-unsaturated/α-hetero) is 1. The third kappa shape index (κ3) is 3.35. The fourth-order valence-corrected chi connectivity index (χ4v) is 5.38. The Morgan fingerprint density at radius 3 is 2.84 bits per heavy atom. The van der Waals surface area contributed by atoms with E-state index in [4.69, 9.17) is 4.74 Å². The van der Waals surface area contributed by atoms with E-state index in [1.807, 2.05) is 25.1 Å². The van der Waals surface area contributed by atoms with Gasteiger partial charge in [-0.2, -0.15) is 0 Å². The number of ether oxygens (including phenoxy) is 1. The normalized spacial score (nSPS) is 16.2. The third-order valence-electron chi connectivity index (χ3n) is 5.06. The first kappa shape index (κ1) is 20.3. The number of hydrogen-bond donors (Lipinski definition) is 1. The third-order valence-corrected chi connectivity index (χ3v) is 6.95. The number of rotatable bonds is 6. The van der Waals surface area contributed by atoms with E-state index in [0.717, 1.165) is 4.70 Å². The molecule has 9 heteroatoms. The standard InChI is InChI=1S/C23H17N3O4S2/c1-2-30-14-7-8-15-17(11-14)32-23(25-15)26-19(13-5-3-9-24-12-13)18(21(28)22(26)29)20(27)16-6-4-10-31-16/h3-12,19,28H,2H2,1H3. The van der Waals surface area contributed by atoms with Gasteiger partial charge in [-0.1, -0.05) is 23.5 Å². The van der Waals surface area contributed by atoms with Crippen LogP contribution in [0.1, 0.15) is 28.2 Å². The molecule has 1 atom stereocenters. The molecule has 1 unspecified atom stereocenters. The summed E-state index contributed by atoms with van der Waals surface area (Å²) >= 11 is 2.56. The first-order valence-electron chi connectivity index (χ1n) is 9.86. The molecule has 0 radical (unpaired) electrons. The zero-order valence-corrected chi connectivity index (χ0v) is 18.5. The van der Waals surface area contributed by atoms with Gasteiger partial charge in [0.2, 0.25) is 5.78 Å². The van der Waals surface area contributed by atoms with Crippen LogP contribution >= 0.6 is 22.7 Å². The van der Waals surface area contributed by atoms with Gasteiger partial charge in [0.25, 0.3) is 5.91 Å². The van der Waals surface area contributed by atoms with Crippen LogP contribution in [0.4, 0.5) is 5.13 Å². The van der Waals surface area contributed by atoms with Gasteiger partial charge in [-0.05, 0) is 48.2 Å². The second-order valence-electron chi connectivity index (χ2n) is 6.99. The second-order valence-corrected chi connectivity index (χ2v) is 8.95. The van der Waals surface area contributed by atoms with Gasteiger partial charge in [0.1, 0.15) is 5.75 Å². The predicted octanol–water partition coefficient (Wildman–Crippen LogP) is 4.93. The van der Waals surface area contributed by atoms with Gasteiger partial charge in [0.15, 0.2) is 10.9 Å².